The molecule has 38 heavy (non-hydrogen) atoms. The Bertz CT molecular complexity index is 1310. The zero-order valence-corrected chi connectivity index (χ0v) is 21.8. The number of nitrogens with zero attached hydrogens (tertiary/aromatic N) is 2. The van der Waals surface area contributed by atoms with E-state index in [9.17, 15) is 18.8 Å². The molecule has 11 heteroatoms. The summed E-state index contributed by atoms with van der Waals surface area (Å²) in [5.74, 6) is -1.75. The van der Waals surface area contributed by atoms with Crippen molar-refractivity contribution in [2.45, 2.75) is 50.7 Å². The number of hydrogen-bond acceptors (Lipinski definition) is 7. The highest BCUT2D eigenvalue weighted by Crippen LogP contribution is 2.31. The second-order valence-corrected chi connectivity index (χ2v) is 9.99. The number of anilines is 1. The molecule has 0 unspecified atom stereocenters. The molecular weight excluding hydrogens is 509 g/mol. The number of carbonyl (C=O) groups is 3. The number of nitrogen functional groups attached to an aromatic ring is 1. The molecule has 0 aliphatic heterocycles. The van der Waals surface area contributed by atoms with Gasteiger partial charge in [-0.2, -0.15) is 4.37 Å². The van der Waals surface area contributed by atoms with Gasteiger partial charge in [0.25, 0.3) is 11.8 Å². The fourth-order valence-electron chi connectivity index (χ4n) is 4.65. The SMILES string of the molecule is COc1cccc(CN(C(=O)c2snc(C(N)=O)c2N)[C@H](C(=O)NC2CCCCC2)c2ccc(F)cc2)c1. The van der Waals surface area contributed by atoms with Crippen LogP contribution in [0.15, 0.2) is 48.5 Å². The van der Waals surface area contributed by atoms with Crippen LogP contribution in [-0.2, 0) is 11.3 Å². The van der Waals surface area contributed by atoms with Gasteiger partial charge in [-0.3, -0.25) is 14.4 Å². The number of benzene rings is 2. The topological polar surface area (TPSA) is 141 Å². The van der Waals surface area contributed by atoms with Crippen molar-refractivity contribution in [2.24, 2.45) is 5.73 Å². The van der Waals surface area contributed by atoms with Crippen molar-refractivity contribution < 1.29 is 23.5 Å². The van der Waals surface area contributed by atoms with Gasteiger partial charge in [-0.25, -0.2) is 4.39 Å². The molecule has 9 nitrogen and oxygen atoms in total. The summed E-state index contributed by atoms with van der Waals surface area (Å²) in [5.41, 5.74) is 12.2. The maximum absolute atomic E-state index is 14.0. The van der Waals surface area contributed by atoms with Crippen LogP contribution in [0, 0.1) is 5.82 Å². The summed E-state index contributed by atoms with van der Waals surface area (Å²) in [6.07, 6.45) is 4.81. The Kier molecular flexibility index (Phi) is 8.57. The van der Waals surface area contributed by atoms with Crippen molar-refractivity contribution in [2.75, 3.05) is 12.8 Å². The standard InChI is InChI=1S/C27H30FN5O4S/c1-37-20-9-5-6-16(14-20)15-33(27(36)24-21(29)22(25(30)34)32-38-24)23(17-10-12-18(28)13-11-17)26(35)31-19-7-3-2-4-8-19/h5-6,9-14,19,23H,2-4,7-8,15,29H2,1H3,(H2,30,34)(H,31,35)/t23-/m0/s1. The highest BCUT2D eigenvalue weighted by atomic mass is 32.1. The maximum Gasteiger partial charge on any atom is 0.270 e. The quantitative estimate of drug-likeness (QED) is 0.378. The molecule has 1 aliphatic carbocycles. The number of rotatable bonds is 9. The molecule has 1 atom stereocenters. The third-order valence-electron chi connectivity index (χ3n) is 6.60. The fraction of sp³-hybridized carbons (Fsp3) is 0.333. The van der Waals surface area contributed by atoms with Crippen LogP contribution in [0.3, 0.4) is 0 Å². The van der Waals surface area contributed by atoms with Gasteiger partial charge in [0.1, 0.15) is 22.5 Å². The summed E-state index contributed by atoms with van der Waals surface area (Å²) < 4.78 is 23.1. The minimum atomic E-state index is -1.12. The van der Waals surface area contributed by atoms with Crippen LogP contribution in [-0.4, -0.2) is 40.1 Å². The average molecular weight is 540 g/mol. The van der Waals surface area contributed by atoms with E-state index in [1.54, 1.807) is 24.3 Å². The Balaban J connectivity index is 1.79. The number of aromatic nitrogens is 1. The van der Waals surface area contributed by atoms with E-state index in [-0.39, 0.29) is 28.8 Å². The van der Waals surface area contributed by atoms with E-state index < -0.39 is 29.6 Å². The molecule has 1 saturated carbocycles. The molecular formula is C27H30FN5O4S. The fourth-order valence-corrected chi connectivity index (χ4v) is 5.41. The van der Waals surface area contributed by atoms with Gasteiger partial charge in [-0.15, -0.1) is 0 Å². The van der Waals surface area contributed by atoms with E-state index in [2.05, 4.69) is 9.69 Å². The van der Waals surface area contributed by atoms with Crippen LogP contribution >= 0.6 is 11.5 Å². The molecule has 4 rings (SSSR count). The Hall–Kier alpha value is -3.99. The van der Waals surface area contributed by atoms with Gasteiger partial charge in [0.05, 0.1) is 12.8 Å². The number of amides is 3. The van der Waals surface area contributed by atoms with E-state index in [0.717, 1.165) is 43.6 Å². The van der Waals surface area contributed by atoms with Gasteiger partial charge >= 0.3 is 0 Å². The molecule has 0 spiro atoms. The van der Waals surface area contributed by atoms with Crippen molar-refractivity contribution in [3.8, 4) is 5.75 Å². The third kappa shape index (κ3) is 6.10. The molecule has 0 radical (unpaired) electrons. The molecule has 3 amide bonds. The van der Waals surface area contributed by atoms with Crippen LogP contribution in [0.25, 0.3) is 0 Å². The van der Waals surface area contributed by atoms with Gasteiger partial charge in [-0.05, 0) is 59.8 Å². The minimum Gasteiger partial charge on any atom is -0.497 e. The first-order chi connectivity index (χ1) is 18.3. The lowest BCUT2D eigenvalue weighted by Crippen LogP contribution is -2.46. The first-order valence-corrected chi connectivity index (χ1v) is 13.1. The van der Waals surface area contributed by atoms with E-state index in [1.165, 1.54) is 36.3 Å². The number of nitrogens with two attached hydrogens (primary N) is 2. The lowest BCUT2D eigenvalue weighted by molar-refractivity contribution is -0.127. The van der Waals surface area contributed by atoms with Gasteiger partial charge in [-0.1, -0.05) is 43.5 Å². The van der Waals surface area contributed by atoms with Gasteiger partial charge in [0, 0.05) is 12.6 Å². The smallest absolute Gasteiger partial charge is 0.270 e. The second-order valence-electron chi connectivity index (χ2n) is 9.22. The average Bonchev–Trinajstić information content (AvgIpc) is 3.31. The summed E-state index contributed by atoms with van der Waals surface area (Å²) in [6.45, 7) is -0.000587. The van der Waals surface area contributed by atoms with Crippen molar-refractivity contribution in [3.63, 3.8) is 0 Å². The number of ether oxygens (including phenoxy) is 1. The lowest BCUT2D eigenvalue weighted by Gasteiger charge is -2.33. The van der Waals surface area contributed by atoms with Crippen molar-refractivity contribution in [1.29, 1.82) is 0 Å². The number of carbonyl (C=O) groups excluding carboxylic acids is 3. The summed E-state index contributed by atoms with van der Waals surface area (Å²) in [5, 5.41) is 3.10. The highest BCUT2D eigenvalue weighted by Gasteiger charge is 2.36. The highest BCUT2D eigenvalue weighted by molar-refractivity contribution is 7.09. The monoisotopic (exact) mass is 539 g/mol. The molecule has 5 N–H and O–H groups in total. The van der Waals surface area contributed by atoms with Gasteiger partial charge in [0.2, 0.25) is 5.91 Å². The Morgan fingerprint density at radius 3 is 2.50 bits per heavy atom. The van der Waals surface area contributed by atoms with E-state index in [4.69, 9.17) is 16.2 Å². The number of primary amides is 1. The van der Waals surface area contributed by atoms with Crippen LogP contribution in [0.5, 0.6) is 5.75 Å². The number of halogens is 1. The molecule has 1 heterocycles. The second kappa shape index (κ2) is 12.0. The number of nitrogens with one attached hydrogen (secondary N) is 1. The summed E-state index contributed by atoms with van der Waals surface area (Å²) in [6, 6.07) is 11.4. The zero-order valence-electron chi connectivity index (χ0n) is 21.0. The van der Waals surface area contributed by atoms with Crippen LogP contribution in [0.4, 0.5) is 10.1 Å². The van der Waals surface area contributed by atoms with E-state index in [1.807, 2.05) is 0 Å². The van der Waals surface area contributed by atoms with Gasteiger partial charge < -0.3 is 26.4 Å². The molecule has 1 fully saturated rings. The Labute approximate surface area is 224 Å². The number of hydrogen-bond donors (Lipinski definition) is 3. The molecule has 0 saturated heterocycles. The van der Waals surface area contributed by atoms with Crippen molar-refractivity contribution >= 4 is 34.9 Å². The predicted molar refractivity (Wildman–Crippen MR) is 142 cm³/mol. The maximum atomic E-state index is 14.0. The summed E-state index contributed by atoms with van der Waals surface area (Å²) >= 11 is 0.738. The van der Waals surface area contributed by atoms with Crippen molar-refractivity contribution in [1.82, 2.24) is 14.6 Å². The molecule has 1 aliphatic rings. The molecule has 0 bridgehead atoms. The molecule has 2 aromatic carbocycles. The predicted octanol–water partition coefficient (Wildman–Crippen LogP) is 3.80. The number of methoxy groups -OCH3 is 1. The van der Waals surface area contributed by atoms with Crippen LogP contribution in [0.1, 0.15) is 69.4 Å². The van der Waals surface area contributed by atoms with Crippen LogP contribution < -0.4 is 21.5 Å². The van der Waals surface area contributed by atoms with Crippen molar-refractivity contribution in [3.05, 3.63) is 76.0 Å². The molecule has 1 aromatic heterocycles. The lowest BCUT2D eigenvalue weighted by atomic mass is 9.94. The van der Waals surface area contributed by atoms with Crippen LogP contribution in [0.2, 0.25) is 0 Å². The Morgan fingerprint density at radius 2 is 1.87 bits per heavy atom. The zero-order chi connectivity index (χ0) is 27.2. The molecule has 3 aromatic rings. The minimum absolute atomic E-state index is 0.000587. The summed E-state index contributed by atoms with van der Waals surface area (Å²) in [7, 11) is 1.53. The first-order valence-electron chi connectivity index (χ1n) is 12.3. The Morgan fingerprint density at radius 1 is 1.16 bits per heavy atom. The van der Waals surface area contributed by atoms with Gasteiger partial charge in [0.15, 0.2) is 5.69 Å². The van der Waals surface area contributed by atoms with E-state index >= 15 is 0 Å². The largest absolute Gasteiger partial charge is 0.497 e. The third-order valence-corrected chi connectivity index (χ3v) is 7.45. The normalized spacial score (nSPS) is 14.5. The summed E-state index contributed by atoms with van der Waals surface area (Å²) in [4.78, 5) is 41.0. The van der Waals surface area contributed by atoms with E-state index in [0.29, 0.717) is 16.9 Å². The molecule has 200 valence electrons. The first kappa shape index (κ1) is 27.1.